The highest BCUT2D eigenvalue weighted by Gasteiger charge is 2.48. The molecule has 0 radical (unpaired) electrons. The first-order valence-corrected chi connectivity index (χ1v) is 6.82. The van der Waals surface area contributed by atoms with Crippen LogP contribution in [0.3, 0.4) is 0 Å². The standard InChI is InChI=1S/C16H22O/c1-9-4-10(2)15(11(3)5-9)16(17)14-7-12-6-13(12)8-14/h4-5,12-14,16-17H,6-8H2,1-3H3. The van der Waals surface area contributed by atoms with E-state index >= 15 is 0 Å². The van der Waals surface area contributed by atoms with Crippen LogP contribution in [0.15, 0.2) is 12.1 Å². The molecule has 1 N–H and O–H groups in total. The molecule has 3 atom stereocenters. The van der Waals surface area contributed by atoms with E-state index in [4.69, 9.17) is 0 Å². The zero-order valence-electron chi connectivity index (χ0n) is 11.0. The highest BCUT2D eigenvalue weighted by atomic mass is 16.3. The van der Waals surface area contributed by atoms with Crippen molar-refractivity contribution in [1.82, 2.24) is 0 Å². The Bertz CT molecular complexity index is 416. The third-order valence-electron chi connectivity index (χ3n) is 4.76. The van der Waals surface area contributed by atoms with Crippen molar-refractivity contribution in [3.05, 3.63) is 34.4 Å². The van der Waals surface area contributed by atoms with Gasteiger partial charge in [-0.05, 0) is 74.5 Å². The smallest absolute Gasteiger partial charge is 0.0823 e. The first-order valence-electron chi connectivity index (χ1n) is 6.82. The van der Waals surface area contributed by atoms with Crippen LogP contribution in [-0.4, -0.2) is 5.11 Å². The Labute approximate surface area is 104 Å². The summed E-state index contributed by atoms with van der Waals surface area (Å²) < 4.78 is 0. The fraction of sp³-hybridized carbons (Fsp3) is 0.625. The first kappa shape index (κ1) is 11.3. The molecule has 17 heavy (non-hydrogen) atoms. The van der Waals surface area contributed by atoms with Gasteiger partial charge in [0.2, 0.25) is 0 Å². The highest BCUT2D eigenvalue weighted by molar-refractivity contribution is 5.39. The van der Waals surface area contributed by atoms with E-state index in [-0.39, 0.29) is 6.10 Å². The van der Waals surface area contributed by atoms with Crippen LogP contribution in [0, 0.1) is 38.5 Å². The normalized spacial score (nSPS) is 32.4. The molecule has 1 aromatic rings. The molecular weight excluding hydrogens is 208 g/mol. The van der Waals surface area contributed by atoms with Crippen LogP contribution in [0.2, 0.25) is 0 Å². The lowest BCUT2D eigenvalue weighted by atomic mass is 9.86. The van der Waals surface area contributed by atoms with E-state index in [1.165, 1.54) is 41.5 Å². The lowest BCUT2D eigenvalue weighted by molar-refractivity contribution is 0.103. The Morgan fingerprint density at radius 3 is 2.06 bits per heavy atom. The van der Waals surface area contributed by atoms with E-state index in [0.29, 0.717) is 5.92 Å². The maximum absolute atomic E-state index is 10.6. The van der Waals surface area contributed by atoms with Crippen LogP contribution in [0.1, 0.15) is 47.6 Å². The van der Waals surface area contributed by atoms with E-state index < -0.39 is 0 Å². The molecule has 3 unspecified atom stereocenters. The Kier molecular flexibility index (Phi) is 2.55. The minimum atomic E-state index is -0.233. The molecule has 2 fully saturated rings. The van der Waals surface area contributed by atoms with Gasteiger partial charge in [-0.3, -0.25) is 0 Å². The second-order valence-electron chi connectivity index (χ2n) is 6.24. The number of hydrogen-bond acceptors (Lipinski definition) is 1. The van der Waals surface area contributed by atoms with Crippen molar-refractivity contribution in [2.45, 2.75) is 46.1 Å². The molecule has 1 nitrogen and oxygen atoms in total. The molecule has 92 valence electrons. The second-order valence-corrected chi connectivity index (χ2v) is 6.24. The molecule has 0 saturated heterocycles. The Balaban J connectivity index is 1.87. The van der Waals surface area contributed by atoms with Gasteiger partial charge in [-0.2, -0.15) is 0 Å². The molecule has 2 saturated carbocycles. The van der Waals surface area contributed by atoms with Crippen LogP contribution in [0.25, 0.3) is 0 Å². The maximum Gasteiger partial charge on any atom is 0.0823 e. The molecule has 0 aromatic heterocycles. The van der Waals surface area contributed by atoms with Crippen LogP contribution in [-0.2, 0) is 0 Å². The summed E-state index contributed by atoms with van der Waals surface area (Å²) in [6.07, 6.45) is 3.69. The zero-order chi connectivity index (χ0) is 12.2. The van der Waals surface area contributed by atoms with E-state index in [2.05, 4.69) is 32.9 Å². The molecule has 1 aromatic carbocycles. The Morgan fingerprint density at radius 2 is 1.53 bits per heavy atom. The summed E-state index contributed by atoms with van der Waals surface area (Å²) >= 11 is 0. The van der Waals surface area contributed by atoms with Crippen LogP contribution < -0.4 is 0 Å². The minimum Gasteiger partial charge on any atom is -0.388 e. The van der Waals surface area contributed by atoms with Gasteiger partial charge in [0.15, 0.2) is 0 Å². The van der Waals surface area contributed by atoms with Crippen molar-refractivity contribution in [3.8, 4) is 0 Å². The third kappa shape index (κ3) is 1.91. The van der Waals surface area contributed by atoms with Gasteiger partial charge in [-0.1, -0.05) is 17.7 Å². The molecule has 0 spiro atoms. The number of aryl methyl sites for hydroxylation is 3. The van der Waals surface area contributed by atoms with Gasteiger partial charge >= 0.3 is 0 Å². The Morgan fingerprint density at radius 1 is 1.00 bits per heavy atom. The Hall–Kier alpha value is -0.820. The number of fused-ring (bicyclic) bond motifs is 1. The van der Waals surface area contributed by atoms with Gasteiger partial charge < -0.3 is 5.11 Å². The summed E-state index contributed by atoms with van der Waals surface area (Å²) in [6, 6.07) is 4.39. The number of hydrogen-bond donors (Lipinski definition) is 1. The van der Waals surface area contributed by atoms with Gasteiger partial charge in [0.25, 0.3) is 0 Å². The summed E-state index contributed by atoms with van der Waals surface area (Å²) in [5, 5.41) is 10.6. The maximum atomic E-state index is 10.6. The largest absolute Gasteiger partial charge is 0.388 e. The lowest BCUT2D eigenvalue weighted by Gasteiger charge is -2.23. The van der Waals surface area contributed by atoms with Crippen molar-refractivity contribution in [3.63, 3.8) is 0 Å². The predicted molar refractivity (Wildman–Crippen MR) is 69.9 cm³/mol. The van der Waals surface area contributed by atoms with E-state index in [0.717, 1.165) is 11.8 Å². The van der Waals surface area contributed by atoms with Crippen molar-refractivity contribution < 1.29 is 5.11 Å². The lowest BCUT2D eigenvalue weighted by Crippen LogP contribution is -2.13. The third-order valence-corrected chi connectivity index (χ3v) is 4.76. The van der Waals surface area contributed by atoms with Gasteiger partial charge in [0, 0.05) is 0 Å². The average Bonchev–Trinajstić information content (AvgIpc) is 2.84. The molecule has 3 rings (SSSR count). The van der Waals surface area contributed by atoms with Crippen LogP contribution >= 0.6 is 0 Å². The molecule has 0 bridgehead atoms. The summed E-state index contributed by atoms with van der Waals surface area (Å²) in [5.74, 6) is 2.40. The summed E-state index contributed by atoms with van der Waals surface area (Å²) in [4.78, 5) is 0. The monoisotopic (exact) mass is 230 g/mol. The van der Waals surface area contributed by atoms with Gasteiger partial charge in [0.1, 0.15) is 0 Å². The molecule has 0 aliphatic heterocycles. The zero-order valence-corrected chi connectivity index (χ0v) is 11.0. The number of rotatable bonds is 2. The van der Waals surface area contributed by atoms with Crippen molar-refractivity contribution in [2.75, 3.05) is 0 Å². The topological polar surface area (TPSA) is 20.2 Å². The summed E-state index contributed by atoms with van der Waals surface area (Å²) in [5.41, 5.74) is 5.01. The molecule has 0 heterocycles. The number of aliphatic hydroxyl groups is 1. The fourth-order valence-electron chi connectivity index (χ4n) is 3.91. The first-order chi connectivity index (χ1) is 8.06. The minimum absolute atomic E-state index is 0.233. The predicted octanol–water partition coefficient (Wildman–Crippen LogP) is 3.69. The second kappa shape index (κ2) is 3.84. The van der Waals surface area contributed by atoms with Crippen molar-refractivity contribution >= 4 is 0 Å². The van der Waals surface area contributed by atoms with E-state index in [1.807, 2.05) is 0 Å². The summed E-state index contributed by atoms with van der Waals surface area (Å²) in [7, 11) is 0. The molecule has 2 aliphatic carbocycles. The molecule has 0 amide bonds. The average molecular weight is 230 g/mol. The van der Waals surface area contributed by atoms with Crippen molar-refractivity contribution in [2.24, 2.45) is 17.8 Å². The number of benzene rings is 1. The van der Waals surface area contributed by atoms with Gasteiger partial charge in [-0.15, -0.1) is 0 Å². The summed E-state index contributed by atoms with van der Waals surface area (Å²) in [6.45, 7) is 6.39. The van der Waals surface area contributed by atoms with Crippen LogP contribution in [0.4, 0.5) is 0 Å². The highest BCUT2D eigenvalue weighted by Crippen LogP contribution is 2.57. The van der Waals surface area contributed by atoms with Crippen molar-refractivity contribution in [1.29, 1.82) is 0 Å². The van der Waals surface area contributed by atoms with Gasteiger partial charge in [0.05, 0.1) is 6.10 Å². The van der Waals surface area contributed by atoms with E-state index in [9.17, 15) is 5.11 Å². The molecular formula is C16H22O. The van der Waals surface area contributed by atoms with E-state index in [1.54, 1.807) is 0 Å². The quantitative estimate of drug-likeness (QED) is 0.821. The SMILES string of the molecule is Cc1cc(C)c(C(O)C2CC3CC3C2)c(C)c1. The fourth-order valence-corrected chi connectivity index (χ4v) is 3.91. The van der Waals surface area contributed by atoms with Gasteiger partial charge in [-0.25, -0.2) is 0 Å². The van der Waals surface area contributed by atoms with Crippen LogP contribution in [0.5, 0.6) is 0 Å². The number of aliphatic hydroxyl groups excluding tert-OH is 1. The molecule has 1 heteroatoms. The molecule has 2 aliphatic rings.